The molecule has 0 bridgehead atoms. The molecular weight excluding hydrogens is 396 g/mol. The summed E-state index contributed by atoms with van der Waals surface area (Å²) in [4.78, 5) is 25.1. The van der Waals surface area contributed by atoms with Crippen molar-refractivity contribution in [2.75, 3.05) is 36.4 Å². The maximum Gasteiger partial charge on any atom is 0.243 e. The van der Waals surface area contributed by atoms with Crippen molar-refractivity contribution >= 4 is 27.3 Å². The first-order valence-corrected chi connectivity index (χ1v) is 11.6. The summed E-state index contributed by atoms with van der Waals surface area (Å²) < 4.78 is 27.6. The molecule has 160 valence electrons. The van der Waals surface area contributed by atoms with Crippen LogP contribution in [-0.2, 0) is 14.8 Å². The molecule has 0 unspecified atom stereocenters. The summed E-state index contributed by atoms with van der Waals surface area (Å²) in [6.07, 6.45) is 2.91. The van der Waals surface area contributed by atoms with Gasteiger partial charge in [-0.1, -0.05) is 6.42 Å². The Bertz CT molecular complexity index is 879. The summed E-state index contributed by atoms with van der Waals surface area (Å²) in [6.45, 7) is 6.29. The number of nitrogens with one attached hydrogen (secondary N) is 1. The molecule has 1 N–H and O–H groups in total. The zero-order valence-corrected chi connectivity index (χ0v) is 17.7. The minimum Gasteiger partial charge on any atom is -0.370 e. The molecule has 1 amide bonds. The predicted molar refractivity (Wildman–Crippen MR) is 110 cm³/mol. The largest absolute Gasteiger partial charge is 0.370 e. The van der Waals surface area contributed by atoms with Gasteiger partial charge in [-0.05, 0) is 44.9 Å². The fraction of sp³-hybridized carbons (Fsp3) is 0.632. The maximum atomic E-state index is 13.0. The van der Waals surface area contributed by atoms with Crippen LogP contribution in [0.3, 0.4) is 0 Å². The Balaban J connectivity index is 1.91. The fourth-order valence-corrected chi connectivity index (χ4v) is 5.34. The summed E-state index contributed by atoms with van der Waals surface area (Å²) >= 11 is 0. The van der Waals surface area contributed by atoms with E-state index in [0.29, 0.717) is 37.6 Å². The van der Waals surface area contributed by atoms with Crippen LogP contribution in [0.25, 0.3) is 0 Å². The average Bonchev–Trinajstić information content (AvgIpc) is 3.52. The highest BCUT2D eigenvalue weighted by Gasteiger charge is 2.53. The summed E-state index contributed by atoms with van der Waals surface area (Å²) in [6, 6.07) is 3.91. The zero-order valence-electron chi connectivity index (χ0n) is 16.8. The maximum absolute atomic E-state index is 13.0. The van der Waals surface area contributed by atoms with Crippen LogP contribution in [0, 0.1) is 16.0 Å². The first-order chi connectivity index (χ1) is 13.8. The van der Waals surface area contributed by atoms with Gasteiger partial charge in [-0.3, -0.25) is 14.9 Å². The van der Waals surface area contributed by atoms with Crippen molar-refractivity contribution in [3.8, 4) is 0 Å². The molecular formula is C19H28N4O5S. The minimum atomic E-state index is -3.65. The van der Waals surface area contributed by atoms with E-state index in [-0.39, 0.29) is 11.3 Å². The molecule has 0 aromatic heterocycles. The monoisotopic (exact) mass is 424 g/mol. The van der Waals surface area contributed by atoms with Crippen LogP contribution in [0.15, 0.2) is 23.1 Å². The van der Waals surface area contributed by atoms with Crippen LogP contribution in [0.5, 0.6) is 0 Å². The molecule has 1 aromatic carbocycles. The number of carbonyl (C=O) groups excluding carboxylic acids is 1. The number of carbonyl (C=O) groups is 1. The van der Waals surface area contributed by atoms with Gasteiger partial charge in [0.2, 0.25) is 22.0 Å². The Hall–Kier alpha value is -2.20. The third-order valence-corrected chi connectivity index (χ3v) is 7.54. The lowest BCUT2D eigenvalue weighted by molar-refractivity contribution is -0.497. The quantitative estimate of drug-likeness (QED) is 0.506. The molecule has 1 saturated heterocycles. The summed E-state index contributed by atoms with van der Waals surface area (Å²) in [5.74, 6) is -1.11. The highest BCUT2D eigenvalue weighted by molar-refractivity contribution is 7.89. The first kappa shape index (κ1) is 21.5. The molecule has 2 atom stereocenters. The topological polar surface area (TPSA) is 113 Å². The van der Waals surface area contributed by atoms with Gasteiger partial charge in [0.05, 0.1) is 16.3 Å². The number of hydrogen-bond donors (Lipinski definition) is 1. The number of nitrogens with zero attached hydrogens (tertiary/aromatic N) is 3. The molecule has 9 nitrogen and oxygen atoms in total. The second kappa shape index (κ2) is 8.66. The van der Waals surface area contributed by atoms with E-state index in [1.807, 2.05) is 18.7 Å². The summed E-state index contributed by atoms with van der Waals surface area (Å²) in [7, 11) is -3.65. The normalized spacial score (nSPS) is 22.1. The van der Waals surface area contributed by atoms with E-state index in [1.165, 1.54) is 10.4 Å². The summed E-state index contributed by atoms with van der Waals surface area (Å²) in [5.41, 5.74) is 1.09. The highest BCUT2D eigenvalue weighted by atomic mass is 32.2. The highest BCUT2D eigenvalue weighted by Crippen LogP contribution is 2.36. The van der Waals surface area contributed by atoms with Crippen molar-refractivity contribution in [1.29, 1.82) is 0 Å². The number of anilines is 2. The van der Waals surface area contributed by atoms with Gasteiger partial charge in [0, 0.05) is 37.5 Å². The van der Waals surface area contributed by atoms with Gasteiger partial charge in [0.1, 0.15) is 5.92 Å². The SMILES string of the molecule is CCN(CC)c1ccc(S(=O)(=O)N2CCCCC2)cc1NC(=O)[C@@H]1C[C@H]1[N+](=O)[O-]. The van der Waals surface area contributed by atoms with Crippen LogP contribution < -0.4 is 10.2 Å². The number of sulfonamides is 1. The third-order valence-electron chi connectivity index (χ3n) is 5.65. The molecule has 3 rings (SSSR count). The van der Waals surface area contributed by atoms with Crippen LogP contribution >= 0.6 is 0 Å². The Morgan fingerprint density at radius 1 is 1.24 bits per heavy atom. The van der Waals surface area contributed by atoms with Crippen molar-refractivity contribution in [3.05, 3.63) is 28.3 Å². The zero-order chi connectivity index (χ0) is 21.2. The number of benzene rings is 1. The fourth-order valence-electron chi connectivity index (χ4n) is 3.79. The van der Waals surface area contributed by atoms with E-state index in [0.717, 1.165) is 19.3 Å². The molecule has 1 aromatic rings. The number of hydrogen-bond acceptors (Lipinski definition) is 6. The molecule has 1 aliphatic carbocycles. The van der Waals surface area contributed by atoms with Gasteiger partial charge < -0.3 is 10.2 Å². The number of piperidine rings is 1. The van der Waals surface area contributed by atoms with Gasteiger partial charge in [-0.15, -0.1) is 0 Å². The molecule has 0 spiro atoms. The van der Waals surface area contributed by atoms with E-state index in [9.17, 15) is 23.3 Å². The van der Waals surface area contributed by atoms with Crippen molar-refractivity contribution < 1.29 is 18.1 Å². The molecule has 1 aliphatic heterocycles. The molecule has 1 heterocycles. The van der Waals surface area contributed by atoms with Gasteiger partial charge in [0.15, 0.2) is 0 Å². The number of amides is 1. The van der Waals surface area contributed by atoms with Crippen LogP contribution in [0.2, 0.25) is 0 Å². The van der Waals surface area contributed by atoms with E-state index in [2.05, 4.69) is 5.32 Å². The van der Waals surface area contributed by atoms with Crippen molar-refractivity contribution in [1.82, 2.24) is 4.31 Å². The predicted octanol–water partition coefficient (Wildman–Crippen LogP) is 2.31. The van der Waals surface area contributed by atoms with E-state index in [4.69, 9.17) is 0 Å². The van der Waals surface area contributed by atoms with Crippen molar-refractivity contribution in [3.63, 3.8) is 0 Å². The second-order valence-corrected chi connectivity index (χ2v) is 9.44. The molecule has 1 saturated carbocycles. The molecule has 2 aliphatic rings. The van der Waals surface area contributed by atoms with Crippen LogP contribution in [0.4, 0.5) is 11.4 Å². The molecule has 2 fully saturated rings. The lowest BCUT2D eigenvalue weighted by Crippen LogP contribution is -2.35. The van der Waals surface area contributed by atoms with E-state index < -0.39 is 32.8 Å². The average molecular weight is 425 g/mol. The van der Waals surface area contributed by atoms with Crippen molar-refractivity contribution in [2.24, 2.45) is 5.92 Å². The van der Waals surface area contributed by atoms with Gasteiger partial charge >= 0.3 is 0 Å². The smallest absolute Gasteiger partial charge is 0.243 e. The molecule has 29 heavy (non-hydrogen) atoms. The second-order valence-electron chi connectivity index (χ2n) is 7.50. The first-order valence-electron chi connectivity index (χ1n) is 10.1. The van der Waals surface area contributed by atoms with Gasteiger partial charge in [-0.2, -0.15) is 4.31 Å². The summed E-state index contributed by atoms with van der Waals surface area (Å²) in [5, 5.41) is 13.6. The minimum absolute atomic E-state index is 0.132. The van der Waals surface area contributed by atoms with E-state index in [1.54, 1.807) is 12.1 Å². The lowest BCUT2D eigenvalue weighted by Gasteiger charge is -2.28. The van der Waals surface area contributed by atoms with Gasteiger partial charge in [0.25, 0.3) is 0 Å². The van der Waals surface area contributed by atoms with Crippen LogP contribution in [-0.4, -0.2) is 55.8 Å². The Morgan fingerprint density at radius 3 is 2.45 bits per heavy atom. The molecule has 10 heteroatoms. The Morgan fingerprint density at radius 2 is 1.90 bits per heavy atom. The number of nitro groups is 1. The number of rotatable bonds is 8. The van der Waals surface area contributed by atoms with E-state index >= 15 is 0 Å². The van der Waals surface area contributed by atoms with Crippen molar-refractivity contribution in [2.45, 2.75) is 50.5 Å². The standard InChI is InChI=1S/C19H28N4O5S/c1-3-21(4-2)17-9-8-14(29(27,28)22-10-6-5-7-11-22)12-16(17)20-19(24)15-13-18(15)23(25)26/h8-9,12,15,18H,3-7,10-11,13H2,1-2H3,(H,20,24)/t15-,18-/m1/s1. The third kappa shape index (κ3) is 4.53. The molecule has 0 radical (unpaired) electrons. The Kier molecular flexibility index (Phi) is 6.42. The van der Waals surface area contributed by atoms with Gasteiger partial charge in [-0.25, -0.2) is 8.42 Å². The van der Waals surface area contributed by atoms with Crippen LogP contribution in [0.1, 0.15) is 39.5 Å². The Labute approximate surface area is 171 Å². The lowest BCUT2D eigenvalue weighted by atomic mass is 10.2.